The molecular weight excluding hydrogens is 382 g/mol. The third kappa shape index (κ3) is 4.20. The van der Waals surface area contributed by atoms with Crippen molar-refractivity contribution >= 4 is 34.6 Å². The molecule has 0 fully saturated rings. The maximum atomic E-state index is 12.5. The lowest BCUT2D eigenvalue weighted by Gasteiger charge is -2.04. The maximum absolute atomic E-state index is 12.5. The average Bonchev–Trinajstić information content (AvgIpc) is 3.14. The zero-order valence-corrected chi connectivity index (χ0v) is 16.5. The number of nitrogens with zero attached hydrogens (tertiary/aromatic N) is 1. The van der Waals surface area contributed by atoms with Gasteiger partial charge in [0.2, 0.25) is 0 Å². The van der Waals surface area contributed by atoms with Gasteiger partial charge in [-0.25, -0.2) is 4.99 Å². The lowest BCUT2D eigenvalue weighted by Crippen LogP contribution is -2.01. The molecule has 0 radical (unpaired) electrons. The molecular formula is C24H17NO3S. The molecule has 3 aromatic carbocycles. The van der Waals surface area contributed by atoms with Gasteiger partial charge in [0.25, 0.3) is 5.91 Å². The van der Waals surface area contributed by atoms with Gasteiger partial charge in [-0.1, -0.05) is 78.5 Å². The van der Waals surface area contributed by atoms with E-state index in [4.69, 9.17) is 4.74 Å². The highest BCUT2D eigenvalue weighted by Gasteiger charge is 2.23. The predicted octanol–water partition coefficient (Wildman–Crippen LogP) is 4.99. The second-order valence-electron chi connectivity index (χ2n) is 6.38. The van der Waals surface area contributed by atoms with Crippen molar-refractivity contribution in [3.8, 4) is 5.75 Å². The van der Waals surface area contributed by atoms with Crippen molar-refractivity contribution in [2.45, 2.75) is 0 Å². The number of amides is 1. The summed E-state index contributed by atoms with van der Waals surface area (Å²) in [5.41, 5.74) is 2.96. The van der Waals surface area contributed by atoms with Crippen LogP contribution >= 0.6 is 11.8 Å². The molecule has 0 saturated carbocycles. The minimum Gasteiger partial charge on any atom is -0.497 e. The highest BCUT2D eigenvalue weighted by molar-refractivity contribution is 8.19. The molecule has 3 aromatic rings. The molecule has 1 aliphatic rings. The first kappa shape index (κ1) is 18.9. The number of ketones is 1. The number of methoxy groups -OCH3 is 1. The first-order valence-electron chi connectivity index (χ1n) is 9.01. The largest absolute Gasteiger partial charge is 0.497 e. The number of hydrogen-bond donors (Lipinski definition) is 0. The third-order valence-corrected chi connectivity index (χ3v) is 5.50. The van der Waals surface area contributed by atoms with Gasteiger partial charge in [0.15, 0.2) is 5.78 Å². The van der Waals surface area contributed by atoms with E-state index in [9.17, 15) is 9.59 Å². The molecule has 0 unspecified atom stereocenters. The summed E-state index contributed by atoms with van der Waals surface area (Å²) in [7, 11) is 1.61. The topological polar surface area (TPSA) is 55.7 Å². The number of ether oxygens (including phenoxy) is 1. The summed E-state index contributed by atoms with van der Waals surface area (Å²) in [6, 6.07) is 23.8. The molecule has 0 atom stereocenters. The molecule has 0 spiro atoms. The second-order valence-corrected chi connectivity index (χ2v) is 7.41. The van der Waals surface area contributed by atoms with Gasteiger partial charge in [0, 0.05) is 16.7 Å². The van der Waals surface area contributed by atoms with Crippen molar-refractivity contribution < 1.29 is 14.3 Å². The number of benzene rings is 3. The Morgan fingerprint density at radius 1 is 0.897 bits per heavy atom. The minimum absolute atomic E-state index is 0.0330. The van der Waals surface area contributed by atoms with Crippen LogP contribution in [0.3, 0.4) is 0 Å². The summed E-state index contributed by atoms with van der Waals surface area (Å²) in [6.45, 7) is 0. The van der Waals surface area contributed by atoms with Gasteiger partial charge in [0.05, 0.1) is 12.0 Å². The fraction of sp³-hybridized carbons (Fsp3) is 0.0417. The standard InChI is InChI=1S/C24H17NO3S/c1-28-20-13-7-16(8-14-20)15-21-23(27)25-24(29-21)19-11-9-18(10-12-19)22(26)17-5-3-2-4-6-17/h2-15H,1H3/b21-15-. The lowest BCUT2D eigenvalue weighted by molar-refractivity contribution is -0.113. The Balaban J connectivity index is 1.50. The molecule has 1 amide bonds. The number of rotatable bonds is 5. The van der Waals surface area contributed by atoms with E-state index < -0.39 is 0 Å². The fourth-order valence-electron chi connectivity index (χ4n) is 2.90. The van der Waals surface area contributed by atoms with E-state index >= 15 is 0 Å². The molecule has 29 heavy (non-hydrogen) atoms. The summed E-state index contributed by atoms with van der Waals surface area (Å²) in [4.78, 5) is 29.5. The van der Waals surface area contributed by atoms with Crippen molar-refractivity contribution in [3.63, 3.8) is 0 Å². The first-order valence-corrected chi connectivity index (χ1v) is 9.82. The van der Waals surface area contributed by atoms with Crippen molar-refractivity contribution in [1.29, 1.82) is 0 Å². The summed E-state index contributed by atoms with van der Waals surface area (Å²) in [6.07, 6.45) is 1.82. The van der Waals surface area contributed by atoms with Crippen molar-refractivity contribution in [3.05, 3.63) is 106 Å². The Bertz CT molecular complexity index is 1120. The summed E-state index contributed by atoms with van der Waals surface area (Å²) >= 11 is 1.33. The number of aliphatic imine (C=N–C) groups is 1. The Morgan fingerprint density at radius 3 is 2.21 bits per heavy atom. The summed E-state index contributed by atoms with van der Waals surface area (Å²) in [5.74, 6) is 0.471. The quantitative estimate of drug-likeness (QED) is 0.448. The van der Waals surface area contributed by atoms with Crippen LogP contribution in [0, 0.1) is 0 Å². The molecule has 5 heteroatoms. The van der Waals surface area contributed by atoms with Crippen LogP contribution in [0.2, 0.25) is 0 Å². The maximum Gasteiger partial charge on any atom is 0.284 e. The van der Waals surface area contributed by atoms with Crippen LogP contribution in [-0.4, -0.2) is 23.8 Å². The Kier molecular flexibility index (Phi) is 5.40. The van der Waals surface area contributed by atoms with Gasteiger partial charge in [0.1, 0.15) is 10.8 Å². The highest BCUT2D eigenvalue weighted by atomic mass is 32.2. The molecule has 0 aliphatic carbocycles. The SMILES string of the molecule is COc1ccc(/C=C2\SC(c3ccc(C(=O)c4ccccc4)cc3)=NC2=O)cc1. The molecule has 0 bridgehead atoms. The average molecular weight is 399 g/mol. The van der Waals surface area contributed by atoms with Gasteiger partial charge in [-0.3, -0.25) is 9.59 Å². The number of carbonyl (C=O) groups excluding carboxylic acids is 2. The van der Waals surface area contributed by atoms with Crippen LogP contribution in [0.1, 0.15) is 27.0 Å². The minimum atomic E-state index is -0.259. The Labute approximate surface area is 172 Å². The van der Waals surface area contributed by atoms with Gasteiger partial charge < -0.3 is 4.74 Å². The van der Waals surface area contributed by atoms with Crippen molar-refractivity contribution in [1.82, 2.24) is 0 Å². The van der Waals surface area contributed by atoms with Crippen LogP contribution in [-0.2, 0) is 4.79 Å². The molecule has 4 nitrogen and oxygen atoms in total. The van der Waals surface area contributed by atoms with Gasteiger partial charge in [-0.15, -0.1) is 0 Å². The van der Waals surface area contributed by atoms with Crippen molar-refractivity contribution in [2.75, 3.05) is 7.11 Å². The van der Waals surface area contributed by atoms with E-state index in [-0.39, 0.29) is 11.7 Å². The zero-order chi connectivity index (χ0) is 20.2. The monoisotopic (exact) mass is 399 g/mol. The Morgan fingerprint density at radius 2 is 1.55 bits per heavy atom. The second kappa shape index (κ2) is 8.29. The summed E-state index contributed by atoms with van der Waals surface area (Å²) in [5, 5.41) is 0.633. The number of hydrogen-bond acceptors (Lipinski definition) is 4. The highest BCUT2D eigenvalue weighted by Crippen LogP contribution is 2.32. The van der Waals surface area contributed by atoms with Gasteiger partial charge in [-0.05, 0) is 23.8 Å². The van der Waals surface area contributed by atoms with Crippen LogP contribution in [0.4, 0.5) is 0 Å². The van der Waals surface area contributed by atoms with Crippen LogP contribution in [0.15, 0.2) is 88.8 Å². The predicted molar refractivity (Wildman–Crippen MR) is 116 cm³/mol. The lowest BCUT2D eigenvalue weighted by atomic mass is 10.0. The number of carbonyl (C=O) groups is 2. The number of thioether (sulfide) groups is 1. The third-order valence-electron chi connectivity index (χ3n) is 4.46. The molecule has 0 N–H and O–H groups in total. The van der Waals surface area contributed by atoms with E-state index in [0.29, 0.717) is 21.1 Å². The molecule has 0 saturated heterocycles. The van der Waals surface area contributed by atoms with Crippen molar-refractivity contribution in [2.24, 2.45) is 4.99 Å². The van der Waals surface area contributed by atoms with E-state index in [2.05, 4.69) is 4.99 Å². The molecule has 1 heterocycles. The van der Waals surface area contributed by atoms with Gasteiger partial charge in [-0.2, -0.15) is 0 Å². The molecule has 0 aromatic heterocycles. The zero-order valence-electron chi connectivity index (χ0n) is 15.7. The fourth-order valence-corrected chi connectivity index (χ4v) is 3.82. The van der Waals surface area contributed by atoms with Crippen LogP contribution < -0.4 is 4.74 Å². The van der Waals surface area contributed by atoms with Crippen LogP contribution in [0.5, 0.6) is 5.75 Å². The van der Waals surface area contributed by atoms with Crippen LogP contribution in [0.25, 0.3) is 6.08 Å². The van der Waals surface area contributed by atoms with E-state index in [1.54, 1.807) is 31.4 Å². The van der Waals surface area contributed by atoms with E-state index in [1.807, 2.05) is 60.7 Å². The van der Waals surface area contributed by atoms with E-state index in [0.717, 1.165) is 16.9 Å². The normalized spacial score (nSPS) is 14.7. The molecule has 1 aliphatic heterocycles. The van der Waals surface area contributed by atoms with E-state index in [1.165, 1.54) is 11.8 Å². The van der Waals surface area contributed by atoms with Gasteiger partial charge >= 0.3 is 0 Å². The summed E-state index contributed by atoms with van der Waals surface area (Å²) < 4.78 is 5.15. The molecule has 142 valence electrons. The molecule has 4 rings (SSSR count). The Hall–Kier alpha value is -3.44. The first-order chi connectivity index (χ1) is 14.1. The smallest absolute Gasteiger partial charge is 0.284 e.